The SMILES string of the molecule is CC(C)(C)CCNS(=O)(=O)c1cccc(/C=C/C(=O)O)c1. The molecule has 0 radical (unpaired) electrons. The molecule has 2 N–H and O–H groups in total. The van der Waals surface area contributed by atoms with E-state index in [-0.39, 0.29) is 10.3 Å². The summed E-state index contributed by atoms with van der Waals surface area (Å²) in [7, 11) is -3.58. The van der Waals surface area contributed by atoms with Gasteiger partial charge in [0.05, 0.1) is 4.90 Å². The van der Waals surface area contributed by atoms with Crippen LogP contribution in [0.5, 0.6) is 0 Å². The van der Waals surface area contributed by atoms with Crippen LogP contribution in [0.2, 0.25) is 0 Å². The molecule has 1 rings (SSSR count). The van der Waals surface area contributed by atoms with Crippen molar-refractivity contribution in [2.24, 2.45) is 5.41 Å². The van der Waals surface area contributed by atoms with Crippen molar-refractivity contribution in [2.45, 2.75) is 32.1 Å². The first-order chi connectivity index (χ1) is 9.60. The smallest absolute Gasteiger partial charge is 0.328 e. The van der Waals surface area contributed by atoms with Crippen molar-refractivity contribution in [3.8, 4) is 0 Å². The van der Waals surface area contributed by atoms with E-state index in [0.29, 0.717) is 12.1 Å². The molecule has 0 spiro atoms. The Bertz CT molecular complexity index is 627. The molecule has 0 unspecified atom stereocenters. The van der Waals surface area contributed by atoms with E-state index in [2.05, 4.69) is 4.72 Å². The van der Waals surface area contributed by atoms with Gasteiger partial charge in [0, 0.05) is 12.6 Å². The quantitative estimate of drug-likeness (QED) is 0.791. The lowest BCUT2D eigenvalue weighted by molar-refractivity contribution is -0.131. The second kappa shape index (κ2) is 6.87. The molecule has 21 heavy (non-hydrogen) atoms. The minimum atomic E-state index is -3.58. The number of carbonyl (C=O) groups is 1. The van der Waals surface area contributed by atoms with Gasteiger partial charge in [0.15, 0.2) is 0 Å². The molecule has 0 aliphatic heterocycles. The average molecular weight is 311 g/mol. The number of rotatable bonds is 6. The van der Waals surface area contributed by atoms with Gasteiger partial charge >= 0.3 is 5.97 Å². The van der Waals surface area contributed by atoms with Gasteiger partial charge in [0.2, 0.25) is 10.0 Å². The zero-order valence-electron chi connectivity index (χ0n) is 12.5. The largest absolute Gasteiger partial charge is 0.478 e. The predicted octanol–water partition coefficient (Wildman–Crippen LogP) is 2.50. The summed E-state index contributed by atoms with van der Waals surface area (Å²) in [6.07, 6.45) is 3.06. The maximum atomic E-state index is 12.2. The molecule has 0 saturated heterocycles. The molecule has 116 valence electrons. The van der Waals surface area contributed by atoms with E-state index in [0.717, 1.165) is 12.5 Å². The van der Waals surface area contributed by atoms with Crippen LogP contribution in [0.25, 0.3) is 6.08 Å². The van der Waals surface area contributed by atoms with Crippen LogP contribution in [0.3, 0.4) is 0 Å². The molecular formula is C15H21NO4S. The fourth-order valence-electron chi connectivity index (χ4n) is 1.60. The van der Waals surface area contributed by atoms with Crippen LogP contribution in [0.15, 0.2) is 35.2 Å². The number of benzene rings is 1. The maximum absolute atomic E-state index is 12.2. The van der Waals surface area contributed by atoms with Crippen LogP contribution >= 0.6 is 0 Å². The van der Waals surface area contributed by atoms with Crippen LogP contribution in [0, 0.1) is 5.41 Å². The summed E-state index contributed by atoms with van der Waals surface area (Å²) in [4.78, 5) is 10.6. The molecule has 0 amide bonds. The minimum absolute atomic E-state index is 0.0502. The first-order valence-electron chi connectivity index (χ1n) is 6.61. The summed E-state index contributed by atoms with van der Waals surface area (Å²) in [5.74, 6) is -1.08. The summed E-state index contributed by atoms with van der Waals surface area (Å²) >= 11 is 0. The number of hydrogen-bond donors (Lipinski definition) is 2. The highest BCUT2D eigenvalue weighted by Crippen LogP contribution is 2.18. The Morgan fingerprint density at radius 3 is 2.57 bits per heavy atom. The Hall–Kier alpha value is -1.66. The van der Waals surface area contributed by atoms with Gasteiger partial charge in [-0.15, -0.1) is 0 Å². The highest BCUT2D eigenvalue weighted by molar-refractivity contribution is 7.89. The maximum Gasteiger partial charge on any atom is 0.328 e. The molecule has 5 nitrogen and oxygen atoms in total. The fraction of sp³-hybridized carbons (Fsp3) is 0.400. The van der Waals surface area contributed by atoms with Gasteiger partial charge in [-0.2, -0.15) is 0 Å². The second-order valence-electron chi connectivity index (χ2n) is 5.95. The van der Waals surface area contributed by atoms with Crippen molar-refractivity contribution < 1.29 is 18.3 Å². The van der Waals surface area contributed by atoms with Crippen LogP contribution in [0.1, 0.15) is 32.8 Å². The van der Waals surface area contributed by atoms with Crippen molar-refractivity contribution in [1.29, 1.82) is 0 Å². The lowest BCUT2D eigenvalue weighted by atomic mass is 9.93. The zero-order chi connectivity index (χ0) is 16.1. The molecule has 0 heterocycles. The van der Waals surface area contributed by atoms with Gasteiger partial charge in [-0.25, -0.2) is 17.9 Å². The Morgan fingerprint density at radius 1 is 1.33 bits per heavy atom. The van der Waals surface area contributed by atoms with Crippen molar-refractivity contribution in [3.05, 3.63) is 35.9 Å². The van der Waals surface area contributed by atoms with Gasteiger partial charge in [-0.1, -0.05) is 32.9 Å². The number of sulfonamides is 1. The molecule has 0 bridgehead atoms. The zero-order valence-corrected chi connectivity index (χ0v) is 13.3. The summed E-state index contributed by atoms with van der Waals surface area (Å²) in [6, 6.07) is 6.16. The third-order valence-electron chi connectivity index (χ3n) is 2.75. The van der Waals surface area contributed by atoms with Crippen LogP contribution in [-0.2, 0) is 14.8 Å². The third-order valence-corrected chi connectivity index (χ3v) is 4.21. The molecule has 0 saturated carbocycles. The van der Waals surface area contributed by atoms with E-state index in [1.54, 1.807) is 12.1 Å². The van der Waals surface area contributed by atoms with E-state index >= 15 is 0 Å². The van der Waals surface area contributed by atoms with Gasteiger partial charge in [0.1, 0.15) is 0 Å². The number of aliphatic carboxylic acids is 1. The molecule has 0 aliphatic rings. The Kier molecular flexibility index (Phi) is 5.69. The number of nitrogens with one attached hydrogen (secondary N) is 1. The van der Waals surface area contributed by atoms with Crippen molar-refractivity contribution >= 4 is 22.1 Å². The Morgan fingerprint density at radius 2 is 2.00 bits per heavy atom. The van der Waals surface area contributed by atoms with E-state index in [1.165, 1.54) is 18.2 Å². The van der Waals surface area contributed by atoms with Crippen molar-refractivity contribution in [2.75, 3.05) is 6.54 Å². The molecule has 0 atom stereocenters. The molecular weight excluding hydrogens is 290 g/mol. The standard InChI is InChI=1S/C15H21NO4S/c1-15(2,3)9-10-16-21(19,20)13-6-4-5-12(11-13)7-8-14(17)18/h4-8,11,16H,9-10H2,1-3H3,(H,17,18)/b8-7+. The normalized spacial score (nSPS) is 12.7. The molecule has 6 heteroatoms. The molecule has 1 aromatic carbocycles. The van der Waals surface area contributed by atoms with E-state index in [4.69, 9.17) is 5.11 Å². The number of hydrogen-bond acceptors (Lipinski definition) is 3. The topological polar surface area (TPSA) is 83.5 Å². The van der Waals surface area contributed by atoms with Gasteiger partial charge < -0.3 is 5.11 Å². The Labute approximate surface area is 125 Å². The molecule has 1 aromatic rings. The molecule has 0 fully saturated rings. The summed E-state index contributed by atoms with van der Waals surface area (Å²) in [6.45, 7) is 6.48. The first kappa shape index (κ1) is 17.4. The van der Waals surface area contributed by atoms with Crippen LogP contribution < -0.4 is 4.72 Å². The van der Waals surface area contributed by atoms with E-state index in [9.17, 15) is 13.2 Å². The monoisotopic (exact) mass is 311 g/mol. The third kappa shape index (κ3) is 6.55. The summed E-state index contributed by atoms with van der Waals surface area (Å²) in [5.41, 5.74) is 0.574. The van der Waals surface area contributed by atoms with Crippen LogP contribution in [-0.4, -0.2) is 26.0 Å². The number of carboxylic acid groups (broad SMARTS) is 1. The fourth-order valence-corrected chi connectivity index (χ4v) is 2.68. The predicted molar refractivity (Wildman–Crippen MR) is 82.4 cm³/mol. The second-order valence-corrected chi connectivity index (χ2v) is 7.72. The van der Waals surface area contributed by atoms with E-state index in [1.807, 2.05) is 20.8 Å². The van der Waals surface area contributed by atoms with E-state index < -0.39 is 16.0 Å². The van der Waals surface area contributed by atoms with Crippen LogP contribution in [0.4, 0.5) is 0 Å². The Balaban J connectivity index is 2.84. The summed E-state index contributed by atoms with van der Waals surface area (Å²) in [5, 5.41) is 8.58. The number of carboxylic acids is 1. The highest BCUT2D eigenvalue weighted by Gasteiger charge is 2.16. The lowest BCUT2D eigenvalue weighted by Crippen LogP contribution is -2.27. The first-order valence-corrected chi connectivity index (χ1v) is 8.09. The lowest BCUT2D eigenvalue weighted by Gasteiger charge is -2.18. The molecule has 0 aliphatic carbocycles. The van der Waals surface area contributed by atoms with Gasteiger partial charge in [0.25, 0.3) is 0 Å². The average Bonchev–Trinajstić information content (AvgIpc) is 2.35. The van der Waals surface area contributed by atoms with Crippen molar-refractivity contribution in [1.82, 2.24) is 4.72 Å². The summed E-state index contributed by atoms with van der Waals surface area (Å²) < 4.78 is 26.9. The highest BCUT2D eigenvalue weighted by atomic mass is 32.2. The van der Waals surface area contributed by atoms with Crippen molar-refractivity contribution in [3.63, 3.8) is 0 Å². The molecule has 0 aromatic heterocycles. The minimum Gasteiger partial charge on any atom is -0.478 e. The van der Waals surface area contributed by atoms with Gasteiger partial charge in [-0.05, 0) is 35.6 Å². The van der Waals surface area contributed by atoms with Gasteiger partial charge in [-0.3, -0.25) is 0 Å².